The average Bonchev–Trinajstić information content (AvgIpc) is 3.26. The van der Waals surface area contributed by atoms with Crippen LogP contribution < -0.4 is 5.73 Å². The summed E-state index contributed by atoms with van der Waals surface area (Å²) in [5.74, 6) is -2.66. The molecular weight excluding hydrogens is 442 g/mol. The number of hydrogen-bond acceptors (Lipinski definition) is 13. The number of ether oxygens (including phenoxy) is 5. The van der Waals surface area contributed by atoms with Crippen molar-refractivity contribution in [2.45, 2.75) is 51.7 Å². The number of nitrogens with zero attached hydrogens (tertiary/aromatic N) is 4. The van der Waals surface area contributed by atoms with Crippen molar-refractivity contribution in [1.29, 1.82) is 0 Å². The van der Waals surface area contributed by atoms with Gasteiger partial charge >= 0.3 is 23.9 Å². The van der Waals surface area contributed by atoms with Crippen molar-refractivity contribution in [3.05, 3.63) is 12.7 Å². The van der Waals surface area contributed by atoms with Crippen molar-refractivity contribution in [3.63, 3.8) is 0 Å². The second kappa shape index (κ2) is 9.36. The van der Waals surface area contributed by atoms with Crippen LogP contribution in [0.15, 0.2) is 12.7 Å². The van der Waals surface area contributed by atoms with Crippen LogP contribution in [0.5, 0.6) is 0 Å². The van der Waals surface area contributed by atoms with Crippen molar-refractivity contribution in [1.82, 2.24) is 19.5 Å². The van der Waals surface area contributed by atoms with Gasteiger partial charge in [0.25, 0.3) is 0 Å². The summed E-state index contributed by atoms with van der Waals surface area (Å²) in [6, 6.07) is 0. The molecule has 178 valence electrons. The van der Waals surface area contributed by atoms with Crippen LogP contribution in [0, 0.1) is 0 Å². The molecule has 0 unspecified atom stereocenters. The number of rotatable bonds is 7. The molecule has 0 aromatic carbocycles. The van der Waals surface area contributed by atoms with Crippen molar-refractivity contribution in [3.8, 4) is 0 Å². The number of hydrogen-bond donors (Lipinski definition) is 1. The van der Waals surface area contributed by atoms with Gasteiger partial charge in [-0.05, 0) is 0 Å². The molecule has 1 saturated heterocycles. The Kier molecular flexibility index (Phi) is 6.76. The Morgan fingerprint density at radius 3 is 2.27 bits per heavy atom. The summed E-state index contributed by atoms with van der Waals surface area (Å²) >= 11 is 0. The lowest BCUT2D eigenvalue weighted by molar-refractivity contribution is -0.200. The summed E-state index contributed by atoms with van der Waals surface area (Å²) in [6.45, 7) is 3.82. The van der Waals surface area contributed by atoms with E-state index in [-0.39, 0.29) is 23.6 Å². The van der Waals surface area contributed by atoms with Crippen LogP contribution in [-0.4, -0.2) is 74.9 Å². The third kappa shape index (κ3) is 4.84. The molecule has 1 aliphatic heterocycles. The second-order valence-corrected chi connectivity index (χ2v) is 7.23. The van der Waals surface area contributed by atoms with Crippen LogP contribution >= 0.6 is 0 Å². The monoisotopic (exact) mass is 465 g/mol. The zero-order valence-electron chi connectivity index (χ0n) is 18.3. The van der Waals surface area contributed by atoms with E-state index in [0.717, 1.165) is 13.8 Å². The van der Waals surface area contributed by atoms with Crippen LogP contribution in [0.2, 0.25) is 0 Å². The Morgan fingerprint density at radius 1 is 1.00 bits per heavy atom. The Hall–Kier alpha value is -3.81. The Bertz CT molecular complexity index is 1090. The van der Waals surface area contributed by atoms with E-state index in [1.165, 1.54) is 31.1 Å². The van der Waals surface area contributed by atoms with Crippen molar-refractivity contribution < 1.29 is 42.9 Å². The van der Waals surface area contributed by atoms with Gasteiger partial charge in [-0.2, -0.15) is 0 Å². The zero-order valence-corrected chi connectivity index (χ0v) is 18.3. The first-order valence-corrected chi connectivity index (χ1v) is 9.78. The summed E-state index contributed by atoms with van der Waals surface area (Å²) in [7, 11) is 0. The number of anilines is 1. The third-order valence-electron chi connectivity index (χ3n) is 4.76. The van der Waals surface area contributed by atoms with Crippen molar-refractivity contribution >= 4 is 40.9 Å². The van der Waals surface area contributed by atoms with Crippen LogP contribution in [0.1, 0.15) is 27.7 Å². The van der Waals surface area contributed by atoms with Crippen molar-refractivity contribution in [2.75, 3.05) is 18.9 Å². The Morgan fingerprint density at radius 2 is 1.67 bits per heavy atom. The lowest BCUT2D eigenvalue weighted by Gasteiger charge is -2.34. The number of fused-ring (bicyclic) bond motifs is 1. The minimum Gasteiger partial charge on any atom is -0.463 e. The number of carbonyl (C=O) groups is 4. The normalized spacial score (nSPS) is 24.3. The maximum absolute atomic E-state index is 12.0. The van der Waals surface area contributed by atoms with Gasteiger partial charge in [-0.3, -0.25) is 23.7 Å². The van der Waals surface area contributed by atoms with Gasteiger partial charge in [0.1, 0.15) is 31.2 Å². The molecule has 33 heavy (non-hydrogen) atoms. The molecule has 1 aliphatic rings. The predicted octanol–water partition coefficient (Wildman–Crippen LogP) is -0.550. The second-order valence-electron chi connectivity index (χ2n) is 7.23. The van der Waals surface area contributed by atoms with Gasteiger partial charge in [-0.15, -0.1) is 0 Å². The fourth-order valence-electron chi connectivity index (χ4n) is 3.56. The quantitative estimate of drug-likeness (QED) is 0.406. The smallest absolute Gasteiger partial charge is 0.303 e. The number of esters is 4. The van der Waals surface area contributed by atoms with E-state index < -0.39 is 54.5 Å². The van der Waals surface area contributed by atoms with Gasteiger partial charge in [0.2, 0.25) is 5.72 Å². The van der Waals surface area contributed by atoms with E-state index in [1.807, 2.05) is 0 Å². The molecule has 0 bridgehead atoms. The van der Waals surface area contributed by atoms with E-state index in [0.29, 0.717) is 0 Å². The van der Waals surface area contributed by atoms with Gasteiger partial charge in [0.15, 0.2) is 23.7 Å². The zero-order chi connectivity index (χ0) is 24.3. The van der Waals surface area contributed by atoms with Crippen LogP contribution in [0.25, 0.3) is 11.2 Å². The maximum atomic E-state index is 12.0. The highest BCUT2D eigenvalue weighted by Gasteiger charge is 2.62. The predicted molar refractivity (Wildman–Crippen MR) is 107 cm³/mol. The maximum Gasteiger partial charge on any atom is 0.303 e. The van der Waals surface area contributed by atoms with Gasteiger partial charge in [-0.1, -0.05) is 0 Å². The molecule has 0 spiro atoms. The van der Waals surface area contributed by atoms with E-state index >= 15 is 0 Å². The first-order valence-electron chi connectivity index (χ1n) is 9.78. The molecule has 0 radical (unpaired) electrons. The molecule has 0 saturated carbocycles. The minimum atomic E-state index is -1.81. The first kappa shape index (κ1) is 23.8. The number of nitrogens with two attached hydrogens (primary N) is 1. The molecular formula is C19H23N5O9. The largest absolute Gasteiger partial charge is 0.463 e. The van der Waals surface area contributed by atoms with E-state index in [2.05, 4.69) is 15.0 Å². The summed E-state index contributed by atoms with van der Waals surface area (Å²) < 4.78 is 28.8. The molecule has 0 amide bonds. The lowest BCUT2D eigenvalue weighted by Crippen LogP contribution is -2.52. The fraction of sp³-hybridized carbons (Fsp3) is 0.526. The van der Waals surface area contributed by atoms with E-state index in [1.54, 1.807) is 0 Å². The summed E-state index contributed by atoms with van der Waals surface area (Å²) in [6.07, 6.45) is -1.22. The van der Waals surface area contributed by atoms with E-state index in [4.69, 9.17) is 29.4 Å². The standard InChI is InChI=1S/C19H23N5O9/c1-9(25)29-5-13-15(31-11(3)27)16(32-12(4)28)19(33-13,6-30-10(2)26)24-8-23-14-17(20)21-7-22-18(14)24/h7-8,13,15-16H,5-6H2,1-4H3,(H2,20,21,22)/t13-,15-,16-,19+/m1/s1. The molecule has 0 aliphatic carbocycles. The topological polar surface area (TPSA) is 184 Å². The number of imidazole rings is 1. The highest BCUT2D eigenvalue weighted by atomic mass is 16.7. The summed E-state index contributed by atoms with van der Waals surface area (Å²) in [5, 5.41) is 0. The molecule has 14 heteroatoms. The molecule has 3 heterocycles. The molecule has 3 rings (SSSR count). The Labute approximate surface area is 187 Å². The highest BCUT2D eigenvalue weighted by molar-refractivity contribution is 5.81. The molecule has 14 nitrogen and oxygen atoms in total. The Balaban J connectivity index is 2.21. The molecule has 1 fully saturated rings. The van der Waals surface area contributed by atoms with Gasteiger partial charge in [0, 0.05) is 27.7 Å². The third-order valence-corrected chi connectivity index (χ3v) is 4.76. The van der Waals surface area contributed by atoms with Crippen LogP contribution in [0.4, 0.5) is 5.82 Å². The summed E-state index contributed by atoms with van der Waals surface area (Å²) in [4.78, 5) is 59.3. The molecule has 2 aromatic heterocycles. The first-order chi connectivity index (χ1) is 15.5. The number of carbonyl (C=O) groups excluding carboxylic acids is 4. The van der Waals surface area contributed by atoms with Gasteiger partial charge in [0.05, 0.1) is 6.33 Å². The summed E-state index contributed by atoms with van der Waals surface area (Å²) in [5.41, 5.74) is 4.45. The number of nitrogen functional groups attached to an aromatic ring is 1. The highest BCUT2D eigenvalue weighted by Crippen LogP contribution is 2.41. The van der Waals surface area contributed by atoms with Crippen LogP contribution in [-0.2, 0) is 48.6 Å². The van der Waals surface area contributed by atoms with E-state index in [9.17, 15) is 19.2 Å². The van der Waals surface area contributed by atoms with Crippen LogP contribution in [0.3, 0.4) is 0 Å². The van der Waals surface area contributed by atoms with Crippen molar-refractivity contribution in [2.24, 2.45) is 0 Å². The average molecular weight is 465 g/mol. The van der Waals surface area contributed by atoms with Gasteiger partial charge < -0.3 is 29.4 Å². The fourth-order valence-corrected chi connectivity index (χ4v) is 3.56. The molecule has 4 atom stereocenters. The lowest BCUT2D eigenvalue weighted by atomic mass is 10.0. The minimum absolute atomic E-state index is 0.0661. The number of aromatic nitrogens is 4. The SMILES string of the molecule is CC(=O)OC[C@H]1O[C@](COC(C)=O)(n2cnc3c(N)ncnc32)[C@H](OC(C)=O)[C@@H]1OC(C)=O. The molecule has 2 aromatic rings. The molecule has 2 N–H and O–H groups in total. The van der Waals surface area contributed by atoms with Gasteiger partial charge in [-0.25, -0.2) is 15.0 Å².